The first-order chi connectivity index (χ1) is 13.3. The van der Waals surface area contributed by atoms with Crippen LogP contribution < -0.4 is 5.32 Å². The van der Waals surface area contributed by atoms with E-state index in [1.165, 1.54) is 10.4 Å². The normalized spacial score (nSPS) is 28.4. The smallest absolute Gasteiger partial charge is 0.248 e. The van der Waals surface area contributed by atoms with Crippen LogP contribution in [0.4, 0.5) is 5.69 Å². The van der Waals surface area contributed by atoms with Crippen molar-refractivity contribution in [3.63, 3.8) is 0 Å². The van der Waals surface area contributed by atoms with E-state index in [9.17, 15) is 18.0 Å². The van der Waals surface area contributed by atoms with Gasteiger partial charge in [0, 0.05) is 31.0 Å². The molecule has 2 amide bonds. The maximum atomic E-state index is 12.9. The van der Waals surface area contributed by atoms with E-state index in [1.54, 1.807) is 34.9 Å². The van der Waals surface area contributed by atoms with Gasteiger partial charge in [-0.1, -0.05) is 12.5 Å². The quantitative estimate of drug-likeness (QED) is 0.803. The summed E-state index contributed by atoms with van der Waals surface area (Å²) in [4.78, 5) is 26.6. The number of benzene rings is 1. The van der Waals surface area contributed by atoms with Gasteiger partial charge in [0.25, 0.3) is 0 Å². The average molecular weight is 424 g/mol. The minimum absolute atomic E-state index is 0.00840. The summed E-state index contributed by atoms with van der Waals surface area (Å²) in [5.74, 6) is 0.299. The van der Waals surface area contributed by atoms with Crippen molar-refractivity contribution in [2.24, 2.45) is 0 Å². The molecule has 0 aliphatic carbocycles. The fraction of sp³-hybridized carbons (Fsp3) is 0.579. The van der Waals surface area contributed by atoms with Gasteiger partial charge < -0.3 is 10.2 Å². The summed E-state index contributed by atoms with van der Waals surface area (Å²) in [6, 6.07) is 5.87. The lowest BCUT2D eigenvalue weighted by molar-refractivity contribution is -0.135. The van der Waals surface area contributed by atoms with Gasteiger partial charge in [-0.2, -0.15) is 4.31 Å². The molecule has 3 fully saturated rings. The number of rotatable bonds is 4. The Morgan fingerprint density at radius 2 is 2.00 bits per heavy atom. The monoisotopic (exact) mass is 423 g/mol. The van der Waals surface area contributed by atoms with Gasteiger partial charge in [0.05, 0.1) is 9.77 Å². The molecule has 0 saturated carbocycles. The van der Waals surface area contributed by atoms with Crippen LogP contribution in [0.1, 0.15) is 39.0 Å². The number of thioether (sulfide) groups is 1. The first kappa shape index (κ1) is 19.7. The summed E-state index contributed by atoms with van der Waals surface area (Å²) in [5.41, 5.74) is 0.438. The Morgan fingerprint density at radius 3 is 2.75 bits per heavy atom. The van der Waals surface area contributed by atoms with Crippen molar-refractivity contribution >= 4 is 39.3 Å². The highest BCUT2D eigenvalue weighted by atomic mass is 32.2. The second-order valence-corrected chi connectivity index (χ2v) is 11.2. The molecule has 3 saturated heterocycles. The lowest BCUT2D eigenvalue weighted by Crippen LogP contribution is -2.48. The van der Waals surface area contributed by atoms with E-state index in [0.717, 1.165) is 25.7 Å². The molecule has 152 valence electrons. The molecule has 2 atom stereocenters. The van der Waals surface area contributed by atoms with Crippen LogP contribution in [-0.4, -0.2) is 59.2 Å². The summed E-state index contributed by atoms with van der Waals surface area (Å²) < 4.78 is 27.3. The lowest BCUT2D eigenvalue weighted by Gasteiger charge is -2.30. The molecule has 3 aliphatic rings. The van der Waals surface area contributed by atoms with Crippen molar-refractivity contribution < 1.29 is 18.0 Å². The molecule has 0 bridgehead atoms. The Bertz CT molecular complexity index is 898. The zero-order chi connectivity index (χ0) is 19.9. The molecule has 3 aliphatic heterocycles. The second kappa shape index (κ2) is 7.35. The molecule has 1 aromatic rings. The molecule has 0 aromatic heterocycles. The van der Waals surface area contributed by atoms with E-state index < -0.39 is 16.1 Å². The third kappa shape index (κ3) is 3.44. The maximum absolute atomic E-state index is 12.9. The largest absolute Gasteiger partial charge is 0.324 e. The predicted molar refractivity (Wildman–Crippen MR) is 108 cm³/mol. The van der Waals surface area contributed by atoms with Gasteiger partial charge in [-0.25, -0.2) is 8.42 Å². The number of fused-ring (bicyclic) bond motifs is 1. The summed E-state index contributed by atoms with van der Waals surface area (Å²) in [7, 11) is -3.56. The van der Waals surface area contributed by atoms with Crippen molar-refractivity contribution in [2.75, 3.05) is 24.2 Å². The number of sulfonamides is 1. The third-order valence-corrected chi connectivity index (χ3v) is 9.20. The molecule has 4 rings (SSSR count). The van der Waals surface area contributed by atoms with Crippen LogP contribution in [0.25, 0.3) is 0 Å². The second-order valence-electron chi connectivity index (χ2n) is 7.75. The average Bonchev–Trinajstić information content (AvgIpc) is 3.18. The third-order valence-electron chi connectivity index (χ3n) is 5.80. The van der Waals surface area contributed by atoms with Gasteiger partial charge >= 0.3 is 0 Å². The van der Waals surface area contributed by atoms with Crippen LogP contribution in [0.3, 0.4) is 0 Å². The predicted octanol–water partition coefficient (Wildman–Crippen LogP) is 2.25. The highest BCUT2D eigenvalue weighted by Crippen LogP contribution is 2.47. The van der Waals surface area contributed by atoms with Crippen LogP contribution in [-0.2, 0) is 19.6 Å². The van der Waals surface area contributed by atoms with E-state index in [0.29, 0.717) is 31.0 Å². The molecule has 1 N–H and O–H groups in total. The van der Waals surface area contributed by atoms with Gasteiger partial charge in [0.2, 0.25) is 21.8 Å². The van der Waals surface area contributed by atoms with Crippen LogP contribution in [0.5, 0.6) is 0 Å². The zero-order valence-corrected chi connectivity index (χ0v) is 17.5. The molecule has 0 radical (unpaired) electrons. The fourth-order valence-corrected chi connectivity index (χ4v) is 7.22. The van der Waals surface area contributed by atoms with Gasteiger partial charge in [-0.3, -0.25) is 9.59 Å². The van der Waals surface area contributed by atoms with Crippen molar-refractivity contribution in [3.05, 3.63) is 24.3 Å². The minimum atomic E-state index is -3.56. The Balaban J connectivity index is 1.51. The number of carbonyl (C=O) groups is 2. The molecule has 0 unspecified atom stereocenters. The number of nitrogens with zero attached hydrogens (tertiary/aromatic N) is 2. The van der Waals surface area contributed by atoms with Crippen molar-refractivity contribution in [1.82, 2.24) is 9.21 Å². The van der Waals surface area contributed by atoms with Gasteiger partial charge in [-0.05, 0) is 44.4 Å². The molecule has 1 aromatic carbocycles. The maximum Gasteiger partial charge on any atom is 0.248 e. The topological polar surface area (TPSA) is 86.8 Å². The van der Waals surface area contributed by atoms with Crippen LogP contribution in [0, 0.1) is 0 Å². The van der Waals surface area contributed by atoms with Crippen molar-refractivity contribution in [1.29, 1.82) is 0 Å². The molecule has 9 heteroatoms. The Morgan fingerprint density at radius 1 is 1.25 bits per heavy atom. The minimum Gasteiger partial charge on any atom is -0.324 e. The number of anilines is 1. The van der Waals surface area contributed by atoms with E-state index in [-0.39, 0.29) is 21.6 Å². The van der Waals surface area contributed by atoms with E-state index in [2.05, 4.69) is 5.32 Å². The first-order valence-corrected chi connectivity index (χ1v) is 12.1. The van der Waals surface area contributed by atoms with Gasteiger partial charge in [-0.15, -0.1) is 11.8 Å². The molecule has 3 heterocycles. The van der Waals surface area contributed by atoms with Crippen LogP contribution in [0.15, 0.2) is 29.2 Å². The van der Waals surface area contributed by atoms with Gasteiger partial charge in [0.1, 0.15) is 6.04 Å². The van der Waals surface area contributed by atoms with E-state index in [1.807, 2.05) is 6.92 Å². The first-order valence-electron chi connectivity index (χ1n) is 9.68. The van der Waals surface area contributed by atoms with Crippen LogP contribution >= 0.6 is 11.8 Å². The summed E-state index contributed by atoms with van der Waals surface area (Å²) in [5, 5.41) is 2.82. The van der Waals surface area contributed by atoms with E-state index in [4.69, 9.17) is 0 Å². The molecular weight excluding hydrogens is 398 g/mol. The highest BCUT2D eigenvalue weighted by Gasteiger charge is 2.52. The molecule has 0 spiro atoms. The Hall–Kier alpha value is -1.58. The SMILES string of the molecule is C[C@@]12CCC(=O)N1[C@H](C(=O)Nc1cccc(S(=O)(=O)N3CCCCC3)c1)CS2. The lowest BCUT2D eigenvalue weighted by atomic mass is 10.2. The summed E-state index contributed by atoms with van der Waals surface area (Å²) >= 11 is 1.63. The van der Waals surface area contributed by atoms with Crippen LogP contribution in [0.2, 0.25) is 0 Å². The zero-order valence-electron chi connectivity index (χ0n) is 15.9. The van der Waals surface area contributed by atoms with Crippen molar-refractivity contribution in [3.8, 4) is 0 Å². The number of nitrogens with one attached hydrogen (secondary N) is 1. The molecule has 7 nitrogen and oxygen atoms in total. The Kier molecular flexibility index (Phi) is 5.18. The number of carbonyl (C=O) groups excluding carboxylic acids is 2. The number of hydrogen-bond donors (Lipinski definition) is 1. The number of amides is 2. The number of piperidine rings is 1. The summed E-state index contributed by atoms with van der Waals surface area (Å²) in [6.07, 6.45) is 4.02. The highest BCUT2D eigenvalue weighted by molar-refractivity contribution is 8.01. The summed E-state index contributed by atoms with van der Waals surface area (Å²) in [6.45, 7) is 3.07. The van der Waals surface area contributed by atoms with Gasteiger partial charge in [0.15, 0.2) is 0 Å². The Labute approximate surface area is 169 Å². The van der Waals surface area contributed by atoms with E-state index >= 15 is 0 Å². The molecule has 28 heavy (non-hydrogen) atoms. The molecular formula is C19H25N3O4S2. The standard InChI is InChI=1S/C19H25N3O4S2/c1-19-9-8-17(23)22(19)16(13-27-19)18(24)20-14-6-5-7-15(12-14)28(25,26)21-10-3-2-4-11-21/h5-7,12,16H,2-4,8-11,13H2,1H3,(H,20,24)/t16-,19+/m0/s1. The number of hydrogen-bond acceptors (Lipinski definition) is 5. The van der Waals surface area contributed by atoms with Crippen molar-refractivity contribution in [2.45, 2.75) is 54.8 Å². The fourth-order valence-electron chi connectivity index (χ4n) is 4.23.